The Balaban J connectivity index is 1.92. The predicted octanol–water partition coefficient (Wildman–Crippen LogP) is 8.06. The van der Waals surface area contributed by atoms with Gasteiger partial charge in [0.15, 0.2) is 5.69 Å². The largest absolute Gasteiger partial charge is 0.220 e. The van der Waals surface area contributed by atoms with E-state index in [1.807, 2.05) is 0 Å². The van der Waals surface area contributed by atoms with Crippen molar-refractivity contribution in [1.29, 1.82) is 0 Å². The highest BCUT2D eigenvalue weighted by Gasteiger charge is 2.28. The molecule has 1 aliphatic rings. The molecule has 4 rings (SSSR count). The SMILES string of the molecule is [2H]c1c(C)[n+](C)c(-c2cc(C(C)C)cc(C)c2C)c2ccc(C3CCC(C)(C)CC3)cc12. The normalized spacial score (nSPS) is 17.4. The van der Waals surface area contributed by atoms with Crippen molar-refractivity contribution >= 4 is 10.8 Å². The van der Waals surface area contributed by atoms with Crippen LogP contribution in [0.2, 0.25) is 0 Å². The Labute approximate surface area is 190 Å². The van der Waals surface area contributed by atoms with Crippen molar-refractivity contribution in [2.45, 2.75) is 86.0 Å². The molecule has 0 bridgehead atoms. The van der Waals surface area contributed by atoms with E-state index in [1.165, 1.54) is 64.6 Å². The van der Waals surface area contributed by atoms with Crippen LogP contribution >= 0.6 is 0 Å². The van der Waals surface area contributed by atoms with Crippen molar-refractivity contribution in [2.24, 2.45) is 12.5 Å². The number of nitrogens with zero attached hydrogens (tertiary/aromatic N) is 1. The highest BCUT2D eigenvalue weighted by molar-refractivity contribution is 5.94. The van der Waals surface area contributed by atoms with E-state index in [0.29, 0.717) is 23.3 Å². The van der Waals surface area contributed by atoms with E-state index in [1.54, 1.807) is 0 Å². The summed E-state index contributed by atoms with van der Waals surface area (Å²) < 4.78 is 11.2. The lowest BCUT2D eigenvalue weighted by Crippen LogP contribution is -2.35. The Kier molecular flexibility index (Phi) is 5.40. The first-order valence-electron chi connectivity index (χ1n) is 12.5. The lowest BCUT2D eigenvalue weighted by molar-refractivity contribution is -0.665. The third kappa shape index (κ3) is 4.16. The van der Waals surface area contributed by atoms with Gasteiger partial charge in [-0.1, -0.05) is 45.9 Å². The van der Waals surface area contributed by atoms with E-state index in [-0.39, 0.29) is 0 Å². The Hall–Kier alpha value is -2.15. The number of aromatic nitrogens is 1. The smallest absolute Gasteiger partial charge is 0.198 e. The molecule has 0 radical (unpaired) electrons. The van der Waals surface area contributed by atoms with Crippen LogP contribution in [0.4, 0.5) is 0 Å². The molecule has 0 unspecified atom stereocenters. The first-order chi connectivity index (χ1) is 15.0. The van der Waals surface area contributed by atoms with E-state index in [4.69, 9.17) is 1.37 Å². The predicted molar refractivity (Wildman–Crippen MR) is 134 cm³/mol. The van der Waals surface area contributed by atoms with Gasteiger partial charge in [0, 0.05) is 13.0 Å². The first-order valence-corrected chi connectivity index (χ1v) is 12.0. The summed E-state index contributed by atoms with van der Waals surface area (Å²) in [6, 6.07) is 12.4. The summed E-state index contributed by atoms with van der Waals surface area (Å²) in [6.07, 6.45) is 5.09. The van der Waals surface area contributed by atoms with Crippen LogP contribution in [0, 0.1) is 26.2 Å². The second-order valence-corrected chi connectivity index (χ2v) is 11.0. The van der Waals surface area contributed by atoms with Gasteiger partial charge in [0.1, 0.15) is 7.05 Å². The van der Waals surface area contributed by atoms with Crippen LogP contribution in [0.3, 0.4) is 0 Å². The molecule has 1 fully saturated rings. The van der Waals surface area contributed by atoms with E-state index in [0.717, 1.165) is 11.1 Å². The molecule has 3 aromatic rings. The molecule has 0 aliphatic heterocycles. The number of hydrogen-bond acceptors (Lipinski definition) is 0. The van der Waals surface area contributed by atoms with Crippen LogP contribution in [0.15, 0.2) is 36.4 Å². The topological polar surface area (TPSA) is 3.88 Å². The summed E-state index contributed by atoms with van der Waals surface area (Å²) >= 11 is 0. The van der Waals surface area contributed by atoms with Crippen LogP contribution in [0.5, 0.6) is 0 Å². The van der Waals surface area contributed by atoms with Crippen LogP contribution in [0.1, 0.15) is 94.5 Å². The van der Waals surface area contributed by atoms with Crippen molar-refractivity contribution in [2.75, 3.05) is 0 Å². The van der Waals surface area contributed by atoms with Crippen molar-refractivity contribution in [3.8, 4) is 11.3 Å². The fourth-order valence-electron chi connectivity index (χ4n) is 5.28. The number of aryl methyl sites for hydroxylation is 1. The summed E-state index contributed by atoms with van der Waals surface area (Å²) in [5.74, 6) is 1.11. The van der Waals surface area contributed by atoms with Crippen molar-refractivity contribution in [3.63, 3.8) is 0 Å². The number of benzene rings is 2. The van der Waals surface area contributed by atoms with Crippen LogP contribution in [-0.4, -0.2) is 0 Å². The first kappa shape index (κ1) is 20.7. The van der Waals surface area contributed by atoms with Crippen molar-refractivity contribution < 1.29 is 5.94 Å². The van der Waals surface area contributed by atoms with Gasteiger partial charge < -0.3 is 0 Å². The second-order valence-electron chi connectivity index (χ2n) is 11.0. The number of fused-ring (bicyclic) bond motifs is 1. The van der Waals surface area contributed by atoms with Crippen LogP contribution in [-0.2, 0) is 7.05 Å². The molecule has 1 aliphatic carbocycles. The molecule has 1 heteroatoms. The minimum Gasteiger partial charge on any atom is -0.198 e. The molecule has 1 nitrogen and oxygen atoms in total. The molecular weight excluding hydrogens is 374 g/mol. The van der Waals surface area contributed by atoms with Gasteiger partial charge >= 0.3 is 0 Å². The molecule has 0 N–H and O–H groups in total. The summed E-state index contributed by atoms with van der Waals surface area (Å²) in [4.78, 5) is 0. The Morgan fingerprint density at radius 1 is 1.03 bits per heavy atom. The molecule has 0 spiro atoms. The van der Waals surface area contributed by atoms with Gasteiger partial charge in [-0.2, -0.15) is 4.57 Å². The Morgan fingerprint density at radius 2 is 1.71 bits per heavy atom. The molecule has 31 heavy (non-hydrogen) atoms. The van der Waals surface area contributed by atoms with E-state index >= 15 is 0 Å². The number of hydrogen-bond donors (Lipinski definition) is 0. The van der Waals surface area contributed by atoms with Crippen molar-refractivity contribution in [3.05, 3.63) is 64.3 Å². The maximum absolute atomic E-state index is 8.95. The molecule has 1 heterocycles. The molecule has 1 aromatic heterocycles. The monoisotopic (exact) mass is 415 g/mol. The minimum absolute atomic E-state index is 0.474. The maximum Gasteiger partial charge on any atom is 0.220 e. The lowest BCUT2D eigenvalue weighted by atomic mass is 9.71. The number of pyridine rings is 1. The summed E-state index contributed by atoms with van der Waals surface area (Å²) in [6.45, 7) is 15.9. The zero-order chi connectivity index (χ0) is 23.4. The summed E-state index contributed by atoms with van der Waals surface area (Å²) in [5, 5.41) is 2.30. The fraction of sp³-hybridized carbons (Fsp3) is 0.500. The van der Waals surface area contributed by atoms with E-state index in [2.05, 4.69) is 90.4 Å². The van der Waals surface area contributed by atoms with Gasteiger partial charge in [-0.3, -0.25) is 0 Å². The zero-order valence-electron chi connectivity index (χ0n) is 21.8. The number of rotatable bonds is 3. The van der Waals surface area contributed by atoms with Crippen LogP contribution in [0.25, 0.3) is 22.0 Å². The quantitative estimate of drug-likeness (QED) is 0.381. The summed E-state index contributed by atoms with van der Waals surface area (Å²) in [5.41, 5.74) is 9.53. The standard InChI is InChI=1S/C30H40N/c1-19(2)25-15-20(3)22(5)28(18-25)29-27-10-9-24(17-26(27)16-21(4)31(29)8)23-11-13-30(6,7)14-12-23/h9-10,15-19,23H,11-14H2,1-8H3/q+1/i16D. The van der Waals surface area contributed by atoms with Crippen molar-refractivity contribution in [1.82, 2.24) is 0 Å². The molecule has 2 aromatic carbocycles. The molecular formula is C30H40N+. The van der Waals surface area contributed by atoms with E-state index < -0.39 is 0 Å². The van der Waals surface area contributed by atoms with Gasteiger partial charge in [0.2, 0.25) is 5.69 Å². The van der Waals surface area contributed by atoms with Gasteiger partial charge in [0.05, 0.1) is 12.3 Å². The highest BCUT2D eigenvalue weighted by atomic mass is 14.9. The van der Waals surface area contributed by atoms with Gasteiger partial charge in [-0.15, -0.1) is 0 Å². The van der Waals surface area contributed by atoms with Gasteiger partial charge in [-0.05, 0) is 96.6 Å². The third-order valence-corrected chi connectivity index (χ3v) is 7.87. The lowest BCUT2D eigenvalue weighted by Gasteiger charge is -2.34. The molecule has 0 saturated heterocycles. The minimum atomic E-state index is 0.474. The maximum atomic E-state index is 8.95. The van der Waals surface area contributed by atoms with Gasteiger partial charge in [0.25, 0.3) is 0 Å². The zero-order valence-corrected chi connectivity index (χ0v) is 20.8. The second kappa shape index (κ2) is 8.08. The fourth-order valence-corrected chi connectivity index (χ4v) is 5.28. The molecule has 164 valence electrons. The average molecular weight is 416 g/mol. The molecule has 0 amide bonds. The third-order valence-electron chi connectivity index (χ3n) is 7.87. The Morgan fingerprint density at radius 3 is 2.35 bits per heavy atom. The molecule has 1 saturated carbocycles. The Bertz CT molecular complexity index is 1180. The summed E-state index contributed by atoms with van der Waals surface area (Å²) in [7, 11) is 2.12. The average Bonchev–Trinajstić information content (AvgIpc) is 2.74. The van der Waals surface area contributed by atoms with E-state index in [9.17, 15) is 0 Å². The highest BCUT2D eigenvalue weighted by Crippen LogP contribution is 2.43. The van der Waals surface area contributed by atoms with Crippen LogP contribution < -0.4 is 4.57 Å². The van der Waals surface area contributed by atoms with Gasteiger partial charge in [-0.25, -0.2) is 0 Å². The molecule has 0 atom stereocenters.